The van der Waals surface area contributed by atoms with Crippen LogP contribution in [-0.4, -0.2) is 8.42 Å². The van der Waals surface area contributed by atoms with Crippen molar-refractivity contribution in [3.8, 4) is 0 Å². The summed E-state index contributed by atoms with van der Waals surface area (Å²) in [6.07, 6.45) is 11.7. The molecule has 0 N–H and O–H groups in total. The van der Waals surface area contributed by atoms with Crippen LogP contribution >= 0.6 is 0 Å². The number of sulfone groups is 1. The fraction of sp³-hybridized carbons (Fsp3) is 0.385. The molecule has 0 aromatic heterocycles. The predicted molar refractivity (Wildman–Crippen MR) is 119 cm³/mol. The maximum Gasteiger partial charge on any atom is 0.206 e. The molecule has 3 heteroatoms. The molecule has 0 saturated carbocycles. The lowest BCUT2D eigenvalue weighted by Gasteiger charge is -2.20. The van der Waals surface area contributed by atoms with Gasteiger partial charge in [-0.2, -0.15) is 0 Å². The highest BCUT2D eigenvalue weighted by Crippen LogP contribution is 2.33. The molecule has 2 unspecified atom stereocenters. The van der Waals surface area contributed by atoms with Gasteiger partial charge in [0.1, 0.15) is 0 Å². The third-order valence-electron chi connectivity index (χ3n) is 6.38. The molecule has 2 nitrogen and oxygen atoms in total. The highest BCUT2D eigenvalue weighted by Gasteiger charge is 2.20. The second kappa shape index (κ2) is 8.31. The van der Waals surface area contributed by atoms with Gasteiger partial charge < -0.3 is 0 Å². The topological polar surface area (TPSA) is 34.1 Å². The van der Waals surface area contributed by atoms with Crippen LogP contribution in [0.3, 0.4) is 0 Å². The van der Waals surface area contributed by atoms with Gasteiger partial charge in [0.25, 0.3) is 0 Å². The Labute approximate surface area is 175 Å². The van der Waals surface area contributed by atoms with E-state index in [2.05, 4.69) is 26.0 Å². The summed E-state index contributed by atoms with van der Waals surface area (Å²) < 4.78 is 26.2. The molecule has 2 aromatic rings. The van der Waals surface area contributed by atoms with E-state index in [4.69, 9.17) is 0 Å². The zero-order chi connectivity index (χ0) is 20.4. The Morgan fingerprint density at radius 2 is 1.03 bits per heavy atom. The van der Waals surface area contributed by atoms with Crippen LogP contribution in [0.2, 0.25) is 0 Å². The van der Waals surface area contributed by atoms with Crippen molar-refractivity contribution in [3.05, 3.63) is 83.0 Å². The maximum absolute atomic E-state index is 13.1. The van der Waals surface area contributed by atoms with E-state index in [0.29, 0.717) is 21.6 Å². The van der Waals surface area contributed by atoms with E-state index >= 15 is 0 Å². The molecule has 2 aliphatic carbocycles. The molecule has 0 heterocycles. The van der Waals surface area contributed by atoms with Crippen LogP contribution < -0.4 is 0 Å². The Morgan fingerprint density at radius 1 is 0.655 bits per heavy atom. The average molecular weight is 407 g/mol. The Kier molecular flexibility index (Phi) is 5.78. The second-order valence-electron chi connectivity index (χ2n) is 8.66. The molecule has 152 valence electrons. The molecule has 0 amide bonds. The summed E-state index contributed by atoms with van der Waals surface area (Å²) in [4.78, 5) is 0.748. The normalized spacial score (nSPS) is 22.7. The molecule has 0 spiro atoms. The van der Waals surface area contributed by atoms with Crippen LogP contribution in [0, 0.1) is 0 Å². The van der Waals surface area contributed by atoms with Gasteiger partial charge in [0.05, 0.1) is 9.79 Å². The van der Waals surface area contributed by atoms with Crippen LogP contribution in [0.4, 0.5) is 0 Å². The number of rotatable bonds is 4. The molecule has 4 rings (SSSR count). The number of hydrogen-bond donors (Lipinski definition) is 0. The summed E-state index contributed by atoms with van der Waals surface area (Å²) in [6.45, 7) is 4.36. The SMILES string of the molecule is CC1=CC(c2ccc(S(=O)(=O)c3ccc(C4C=C(C)CCC4)cc3)cc2)CCC1. The highest BCUT2D eigenvalue weighted by atomic mass is 32.2. The largest absolute Gasteiger partial charge is 0.219 e. The molecule has 0 saturated heterocycles. The third-order valence-corrected chi connectivity index (χ3v) is 8.17. The van der Waals surface area contributed by atoms with E-state index in [9.17, 15) is 8.42 Å². The van der Waals surface area contributed by atoms with Gasteiger partial charge in [0.15, 0.2) is 0 Å². The lowest BCUT2D eigenvalue weighted by atomic mass is 9.86. The van der Waals surface area contributed by atoms with Crippen molar-refractivity contribution in [2.75, 3.05) is 0 Å². The molecule has 0 aliphatic heterocycles. The van der Waals surface area contributed by atoms with Crippen LogP contribution in [0.1, 0.15) is 75.3 Å². The summed E-state index contributed by atoms with van der Waals surface area (Å²) in [5.74, 6) is 0.818. The van der Waals surface area contributed by atoms with Gasteiger partial charge in [-0.1, -0.05) is 47.6 Å². The minimum absolute atomic E-state index is 0.374. The van der Waals surface area contributed by atoms with Crippen molar-refractivity contribution in [3.63, 3.8) is 0 Å². The first kappa shape index (κ1) is 20.2. The van der Waals surface area contributed by atoms with E-state index in [1.807, 2.05) is 24.3 Å². The number of hydrogen-bond acceptors (Lipinski definition) is 2. The van der Waals surface area contributed by atoms with Crippen LogP contribution in [0.5, 0.6) is 0 Å². The van der Waals surface area contributed by atoms with Gasteiger partial charge >= 0.3 is 0 Å². The lowest BCUT2D eigenvalue weighted by Crippen LogP contribution is -2.06. The molecule has 2 aromatic carbocycles. The first-order chi connectivity index (χ1) is 13.9. The molecule has 0 radical (unpaired) electrons. The molecule has 2 aliphatic rings. The summed E-state index contributed by atoms with van der Waals surface area (Å²) >= 11 is 0. The monoisotopic (exact) mass is 406 g/mol. The molecule has 0 bridgehead atoms. The summed E-state index contributed by atoms with van der Waals surface area (Å²) in [7, 11) is -3.49. The van der Waals surface area contributed by atoms with E-state index in [1.54, 1.807) is 24.3 Å². The van der Waals surface area contributed by atoms with Gasteiger partial charge in [-0.25, -0.2) is 8.42 Å². The van der Waals surface area contributed by atoms with Gasteiger partial charge in [-0.3, -0.25) is 0 Å². The molecular formula is C26H30O2S. The minimum atomic E-state index is -3.49. The van der Waals surface area contributed by atoms with E-state index in [0.717, 1.165) is 12.8 Å². The summed E-state index contributed by atoms with van der Waals surface area (Å²) in [5.41, 5.74) is 5.28. The molecular weight excluding hydrogens is 376 g/mol. The molecule has 0 fully saturated rings. The molecule has 2 atom stereocenters. The average Bonchev–Trinajstić information content (AvgIpc) is 2.74. The van der Waals surface area contributed by atoms with Crippen molar-refractivity contribution in [1.82, 2.24) is 0 Å². The van der Waals surface area contributed by atoms with Crippen LogP contribution in [-0.2, 0) is 9.84 Å². The second-order valence-corrected chi connectivity index (χ2v) is 10.6. The minimum Gasteiger partial charge on any atom is -0.219 e. The van der Waals surface area contributed by atoms with E-state index in [1.165, 1.54) is 48.0 Å². The lowest BCUT2D eigenvalue weighted by molar-refractivity contribution is 0.595. The Balaban J connectivity index is 1.55. The highest BCUT2D eigenvalue weighted by molar-refractivity contribution is 7.91. The van der Waals surface area contributed by atoms with Gasteiger partial charge in [0.2, 0.25) is 9.84 Å². The van der Waals surface area contributed by atoms with Gasteiger partial charge in [0, 0.05) is 11.8 Å². The smallest absolute Gasteiger partial charge is 0.206 e. The summed E-state index contributed by atoms with van der Waals surface area (Å²) in [5, 5.41) is 0. The molecule has 29 heavy (non-hydrogen) atoms. The third kappa shape index (κ3) is 4.40. The quantitative estimate of drug-likeness (QED) is 0.515. The standard InChI is InChI=1S/C26H30O2S/c1-19-5-3-7-23(17-19)21-9-13-25(14-10-21)29(27,28)26-15-11-22(12-16-26)24-8-4-6-20(2)18-24/h9-18,23-24H,3-8H2,1-2H3. The van der Waals surface area contributed by atoms with E-state index < -0.39 is 9.84 Å². The predicted octanol–water partition coefficient (Wildman–Crippen LogP) is 6.95. The zero-order valence-corrected chi connectivity index (χ0v) is 18.2. The number of benzene rings is 2. The van der Waals surface area contributed by atoms with Crippen molar-refractivity contribution in [2.45, 2.75) is 74.0 Å². The van der Waals surface area contributed by atoms with Crippen molar-refractivity contribution in [1.29, 1.82) is 0 Å². The van der Waals surface area contributed by atoms with Crippen molar-refractivity contribution < 1.29 is 8.42 Å². The van der Waals surface area contributed by atoms with Crippen molar-refractivity contribution >= 4 is 9.84 Å². The van der Waals surface area contributed by atoms with Crippen LogP contribution in [0.15, 0.2) is 81.6 Å². The first-order valence-electron chi connectivity index (χ1n) is 10.7. The first-order valence-corrected chi connectivity index (χ1v) is 12.2. The van der Waals surface area contributed by atoms with Crippen LogP contribution in [0.25, 0.3) is 0 Å². The number of allylic oxidation sites excluding steroid dienone is 4. The Hall–Kier alpha value is -2.13. The Morgan fingerprint density at radius 3 is 1.38 bits per heavy atom. The fourth-order valence-electron chi connectivity index (χ4n) is 4.67. The fourth-order valence-corrected chi connectivity index (χ4v) is 5.93. The van der Waals surface area contributed by atoms with Gasteiger partial charge in [-0.05, 0) is 87.8 Å². The van der Waals surface area contributed by atoms with Gasteiger partial charge in [-0.15, -0.1) is 0 Å². The maximum atomic E-state index is 13.1. The van der Waals surface area contributed by atoms with Crippen molar-refractivity contribution in [2.24, 2.45) is 0 Å². The zero-order valence-electron chi connectivity index (χ0n) is 17.4. The Bertz CT molecular complexity index is 946. The van der Waals surface area contributed by atoms with E-state index in [-0.39, 0.29) is 0 Å². The summed E-state index contributed by atoms with van der Waals surface area (Å²) in [6, 6.07) is 15.0.